The smallest absolute Gasteiger partial charge is 0.282 e. The fraction of sp³-hybridized carbons (Fsp3) is 0.312. The monoisotopic (exact) mass is 441 g/mol. The van der Waals surface area contributed by atoms with Gasteiger partial charge in [-0.25, -0.2) is 4.68 Å². The molecule has 1 aromatic heterocycles. The van der Waals surface area contributed by atoms with Crippen molar-refractivity contribution in [2.45, 2.75) is 33.0 Å². The summed E-state index contributed by atoms with van der Waals surface area (Å²) in [5, 5.41) is 4.01. The first-order valence-electron chi connectivity index (χ1n) is 7.14. The summed E-state index contributed by atoms with van der Waals surface area (Å²) in [6, 6.07) is 9.80. The van der Waals surface area contributed by atoms with E-state index in [1.54, 1.807) is 4.90 Å². The molecule has 1 aromatic carbocycles. The zero-order valence-corrected chi connectivity index (χ0v) is 16.0. The van der Waals surface area contributed by atoms with E-state index in [9.17, 15) is 9.59 Å². The van der Waals surface area contributed by atoms with Crippen LogP contribution in [0.4, 0.5) is 0 Å². The van der Waals surface area contributed by atoms with Gasteiger partial charge in [0.25, 0.3) is 5.56 Å². The van der Waals surface area contributed by atoms with Crippen LogP contribution in [-0.4, -0.2) is 26.6 Å². The van der Waals surface area contributed by atoms with Gasteiger partial charge in [0.2, 0.25) is 5.91 Å². The summed E-state index contributed by atoms with van der Waals surface area (Å²) in [5.74, 6) is -0.146. The highest BCUT2D eigenvalue weighted by Gasteiger charge is 2.19. The van der Waals surface area contributed by atoms with Crippen LogP contribution in [0.15, 0.2) is 50.3 Å². The summed E-state index contributed by atoms with van der Waals surface area (Å²) in [6.07, 6.45) is 1.50. The number of nitrogens with zero attached hydrogens (tertiary/aromatic N) is 3. The molecule has 5 nitrogen and oxygen atoms in total. The molecule has 0 fully saturated rings. The second kappa shape index (κ2) is 7.88. The van der Waals surface area contributed by atoms with E-state index in [1.165, 1.54) is 6.20 Å². The number of carbonyl (C=O) groups is 1. The van der Waals surface area contributed by atoms with Gasteiger partial charge in [-0.05, 0) is 51.3 Å². The van der Waals surface area contributed by atoms with Crippen LogP contribution in [0.25, 0.3) is 0 Å². The van der Waals surface area contributed by atoms with Gasteiger partial charge in [-0.3, -0.25) is 9.59 Å². The number of benzene rings is 1. The summed E-state index contributed by atoms with van der Waals surface area (Å²) < 4.78 is 2.09. The molecule has 1 amide bonds. The highest BCUT2D eigenvalue weighted by molar-refractivity contribution is 9.13. The number of amides is 1. The van der Waals surface area contributed by atoms with Crippen LogP contribution in [0.5, 0.6) is 0 Å². The Balaban J connectivity index is 2.19. The van der Waals surface area contributed by atoms with Gasteiger partial charge >= 0.3 is 0 Å². The molecule has 0 N–H and O–H groups in total. The highest BCUT2D eigenvalue weighted by atomic mass is 79.9. The molecule has 2 rings (SSSR count). The molecule has 0 atom stereocenters. The number of hydrogen-bond donors (Lipinski definition) is 0. The van der Waals surface area contributed by atoms with Crippen molar-refractivity contribution >= 4 is 37.8 Å². The number of hydrogen-bond acceptors (Lipinski definition) is 3. The zero-order valence-electron chi connectivity index (χ0n) is 12.9. The van der Waals surface area contributed by atoms with E-state index in [4.69, 9.17) is 0 Å². The summed E-state index contributed by atoms with van der Waals surface area (Å²) in [5.41, 5.74) is 0.711. The third-order valence-electron chi connectivity index (χ3n) is 3.37. The molecule has 0 aliphatic heterocycles. The molecule has 0 saturated heterocycles. The molecule has 0 spiro atoms. The molecule has 0 aliphatic carbocycles. The number of rotatable bonds is 5. The number of aromatic nitrogens is 2. The molecule has 0 unspecified atom stereocenters. The normalized spacial score (nSPS) is 10.8. The summed E-state index contributed by atoms with van der Waals surface area (Å²) >= 11 is 6.42. The first-order valence-corrected chi connectivity index (χ1v) is 8.73. The van der Waals surface area contributed by atoms with Crippen LogP contribution < -0.4 is 5.56 Å². The number of carbonyl (C=O) groups excluding carboxylic acids is 1. The average molecular weight is 443 g/mol. The van der Waals surface area contributed by atoms with Crippen molar-refractivity contribution in [3.8, 4) is 0 Å². The Morgan fingerprint density at radius 2 is 1.91 bits per heavy atom. The molecule has 1 heterocycles. The molecule has 0 aliphatic rings. The fourth-order valence-corrected chi connectivity index (χ4v) is 2.68. The third-order valence-corrected chi connectivity index (χ3v) is 5.27. The van der Waals surface area contributed by atoms with Crippen LogP contribution in [0.2, 0.25) is 0 Å². The molecule has 7 heteroatoms. The Morgan fingerprint density at radius 3 is 2.52 bits per heavy atom. The van der Waals surface area contributed by atoms with E-state index in [-0.39, 0.29) is 24.1 Å². The zero-order chi connectivity index (χ0) is 17.0. The summed E-state index contributed by atoms with van der Waals surface area (Å²) in [4.78, 5) is 26.5. The summed E-state index contributed by atoms with van der Waals surface area (Å²) in [7, 11) is 0. The van der Waals surface area contributed by atoms with E-state index in [0.29, 0.717) is 15.5 Å². The van der Waals surface area contributed by atoms with Gasteiger partial charge in [-0.2, -0.15) is 5.10 Å². The van der Waals surface area contributed by atoms with Gasteiger partial charge in [0, 0.05) is 12.6 Å². The minimum Gasteiger partial charge on any atom is -0.334 e. The fourth-order valence-electron chi connectivity index (χ4n) is 2.12. The first kappa shape index (κ1) is 17.9. The van der Waals surface area contributed by atoms with Crippen molar-refractivity contribution in [1.82, 2.24) is 14.7 Å². The second-order valence-corrected chi connectivity index (χ2v) is 7.02. The molecule has 0 radical (unpaired) electrons. The standard InChI is InChI=1S/C16H17Br2N3O2/c1-11(2)20(9-12-6-4-3-5-7-12)14(22)10-21-16(23)15(18)13(17)8-19-21/h3-8,11H,9-10H2,1-2H3. The molecule has 2 aromatic rings. The van der Waals surface area contributed by atoms with Crippen molar-refractivity contribution in [2.75, 3.05) is 0 Å². The van der Waals surface area contributed by atoms with Crippen LogP contribution in [0.3, 0.4) is 0 Å². The van der Waals surface area contributed by atoms with Gasteiger partial charge in [0.05, 0.1) is 10.7 Å². The van der Waals surface area contributed by atoms with Crippen molar-refractivity contribution in [1.29, 1.82) is 0 Å². The topological polar surface area (TPSA) is 55.2 Å². The van der Waals surface area contributed by atoms with E-state index >= 15 is 0 Å². The Bertz CT molecular complexity index is 745. The lowest BCUT2D eigenvalue weighted by Gasteiger charge is -2.27. The quantitative estimate of drug-likeness (QED) is 0.714. The predicted octanol–water partition coefficient (Wildman–Crippen LogP) is 3.21. The van der Waals surface area contributed by atoms with E-state index in [2.05, 4.69) is 37.0 Å². The molecule has 23 heavy (non-hydrogen) atoms. The van der Waals surface area contributed by atoms with Crippen LogP contribution >= 0.6 is 31.9 Å². The Morgan fingerprint density at radius 1 is 1.26 bits per heavy atom. The highest BCUT2D eigenvalue weighted by Crippen LogP contribution is 2.16. The van der Waals surface area contributed by atoms with E-state index < -0.39 is 0 Å². The van der Waals surface area contributed by atoms with Crippen LogP contribution in [0.1, 0.15) is 19.4 Å². The maximum Gasteiger partial charge on any atom is 0.282 e. The van der Waals surface area contributed by atoms with Crippen molar-refractivity contribution in [3.05, 3.63) is 61.4 Å². The minimum absolute atomic E-state index is 0.0253. The maximum absolute atomic E-state index is 12.6. The van der Waals surface area contributed by atoms with Gasteiger partial charge in [0.15, 0.2) is 0 Å². The molecule has 0 saturated carbocycles. The van der Waals surface area contributed by atoms with Gasteiger partial charge < -0.3 is 4.90 Å². The summed E-state index contributed by atoms with van der Waals surface area (Å²) in [6.45, 7) is 4.32. The van der Waals surface area contributed by atoms with Crippen LogP contribution in [-0.2, 0) is 17.9 Å². The molecular formula is C16H17Br2N3O2. The SMILES string of the molecule is CC(C)N(Cc1ccccc1)C(=O)Cn1ncc(Br)c(Br)c1=O. The lowest BCUT2D eigenvalue weighted by atomic mass is 10.2. The Kier molecular flexibility index (Phi) is 6.12. The predicted molar refractivity (Wildman–Crippen MR) is 96.0 cm³/mol. The van der Waals surface area contributed by atoms with Crippen molar-refractivity contribution in [2.24, 2.45) is 0 Å². The van der Waals surface area contributed by atoms with E-state index in [0.717, 1.165) is 10.2 Å². The number of halogens is 2. The van der Waals surface area contributed by atoms with Crippen LogP contribution in [0, 0.1) is 0 Å². The average Bonchev–Trinajstić information content (AvgIpc) is 2.53. The lowest BCUT2D eigenvalue weighted by molar-refractivity contribution is -0.134. The van der Waals surface area contributed by atoms with Gasteiger partial charge in [-0.1, -0.05) is 30.3 Å². The Hall–Kier alpha value is -1.47. The minimum atomic E-state index is -0.337. The van der Waals surface area contributed by atoms with Crippen molar-refractivity contribution < 1.29 is 4.79 Å². The second-order valence-electron chi connectivity index (χ2n) is 5.37. The Labute approximate surface area is 151 Å². The molecular weight excluding hydrogens is 426 g/mol. The lowest BCUT2D eigenvalue weighted by Crippen LogP contribution is -2.41. The van der Waals surface area contributed by atoms with E-state index in [1.807, 2.05) is 44.2 Å². The first-order chi connectivity index (χ1) is 10.9. The van der Waals surface area contributed by atoms with Gasteiger partial charge in [-0.15, -0.1) is 0 Å². The van der Waals surface area contributed by atoms with Gasteiger partial charge in [0.1, 0.15) is 11.0 Å². The third kappa shape index (κ3) is 4.51. The largest absolute Gasteiger partial charge is 0.334 e. The van der Waals surface area contributed by atoms with Crippen molar-refractivity contribution in [3.63, 3.8) is 0 Å². The maximum atomic E-state index is 12.6. The molecule has 122 valence electrons. The molecule has 0 bridgehead atoms.